The highest BCUT2D eigenvalue weighted by molar-refractivity contribution is 7.98. The molecule has 128 valence electrons. The monoisotopic (exact) mass is 362 g/mol. The molecule has 1 fully saturated rings. The first-order chi connectivity index (χ1) is 11.2. The standard InChI is InChI=1S/C19H22N2OS.ClH/c20-18(15-10-11-15)12-21-19(22)16-8-6-14(7-9-16)13-23-17-4-2-1-3-5-17;/h1-9,15,18H,10-13,20H2,(H,21,22);1H. The summed E-state index contributed by atoms with van der Waals surface area (Å²) in [5, 5.41) is 2.93. The number of nitrogens with one attached hydrogen (secondary N) is 1. The third kappa shape index (κ3) is 5.55. The van der Waals surface area contributed by atoms with Crippen molar-refractivity contribution in [3.63, 3.8) is 0 Å². The van der Waals surface area contributed by atoms with Gasteiger partial charge < -0.3 is 11.1 Å². The molecule has 3 N–H and O–H groups in total. The quantitative estimate of drug-likeness (QED) is 0.735. The van der Waals surface area contributed by atoms with E-state index < -0.39 is 0 Å². The van der Waals surface area contributed by atoms with E-state index in [1.807, 2.05) is 42.5 Å². The largest absolute Gasteiger partial charge is 0.350 e. The SMILES string of the molecule is Cl.NC(CNC(=O)c1ccc(CSc2ccccc2)cc1)C1CC1. The minimum atomic E-state index is -0.0386. The molecule has 2 aromatic carbocycles. The predicted octanol–water partition coefficient (Wildman–Crippen LogP) is 3.87. The molecule has 1 atom stereocenters. The molecule has 2 aromatic rings. The first-order valence-corrected chi connectivity index (χ1v) is 9.01. The van der Waals surface area contributed by atoms with Crippen molar-refractivity contribution in [1.82, 2.24) is 5.32 Å². The highest BCUT2D eigenvalue weighted by Crippen LogP contribution is 2.31. The third-order valence-corrected chi connectivity index (χ3v) is 5.17. The first-order valence-electron chi connectivity index (χ1n) is 8.03. The number of hydrogen-bond donors (Lipinski definition) is 2. The number of benzene rings is 2. The lowest BCUT2D eigenvalue weighted by atomic mass is 10.1. The molecule has 24 heavy (non-hydrogen) atoms. The van der Waals surface area contributed by atoms with E-state index in [9.17, 15) is 4.79 Å². The Bertz CT molecular complexity index is 644. The molecule has 0 aromatic heterocycles. The molecule has 0 aliphatic heterocycles. The number of nitrogens with two attached hydrogens (primary N) is 1. The Morgan fingerprint density at radius 1 is 1.12 bits per heavy atom. The maximum Gasteiger partial charge on any atom is 0.251 e. The van der Waals surface area contributed by atoms with Crippen LogP contribution in [-0.4, -0.2) is 18.5 Å². The van der Waals surface area contributed by atoms with Crippen LogP contribution in [0.3, 0.4) is 0 Å². The third-order valence-electron chi connectivity index (χ3n) is 4.09. The van der Waals surface area contributed by atoms with Gasteiger partial charge in [-0.25, -0.2) is 0 Å². The summed E-state index contributed by atoms with van der Waals surface area (Å²) >= 11 is 1.80. The van der Waals surface area contributed by atoms with E-state index in [-0.39, 0.29) is 24.4 Å². The Labute approximate surface area is 153 Å². The topological polar surface area (TPSA) is 55.1 Å². The van der Waals surface area contributed by atoms with Gasteiger partial charge in [0.05, 0.1) is 0 Å². The highest BCUT2D eigenvalue weighted by Gasteiger charge is 2.28. The van der Waals surface area contributed by atoms with Crippen LogP contribution in [0.15, 0.2) is 59.5 Å². The molecule has 0 heterocycles. The van der Waals surface area contributed by atoms with Crippen LogP contribution < -0.4 is 11.1 Å². The second kappa shape index (κ2) is 9.11. The van der Waals surface area contributed by atoms with E-state index in [0.717, 1.165) is 5.75 Å². The van der Waals surface area contributed by atoms with Gasteiger partial charge in [0.1, 0.15) is 0 Å². The lowest BCUT2D eigenvalue weighted by Crippen LogP contribution is -2.38. The molecule has 1 aliphatic rings. The maximum atomic E-state index is 12.1. The molecular formula is C19H23ClN2OS. The smallest absolute Gasteiger partial charge is 0.251 e. The number of hydrogen-bond acceptors (Lipinski definition) is 3. The molecular weight excluding hydrogens is 340 g/mol. The molecule has 3 nitrogen and oxygen atoms in total. The van der Waals surface area contributed by atoms with Crippen LogP contribution in [0.25, 0.3) is 0 Å². The van der Waals surface area contributed by atoms with Crippen molar-refractivity contribution in [3.05, 3.63) is 65.7 Å². The van der Waals surface area contributed by atoms with E-state index in [2.05, 4.69) is 17.4 Å². The molecule has 1 saturated carbocycles. The van der Waals surface area contributed by atoms with E-state index >= 15 is 0 Å². The number of thioether (sulfide) groups is 1. The predicted molar refractivity (Wildman–Crippen MR) is 103 cm³/mol. The van der Waals surface area contributed by atoms with Crippen LogP contribution in [0.4, 0.5) is 0 Å². The van der Waals surface area contributed by atoms with Gasteiger partial charge >= 0.3 is 0 Å². The van der Waals surface area contributed by atoms with Gasteiger partial charge in [0, 0.05) is 28.8 Å². The van der Waals surface area contributed by atoms with Gasteiger partial charge in [0.15, 0.2) is 0 Å². The van der Waals surface area contributed by atoms with Gasteiger partial charge in [-0.05, 0) is 48.6 Å². The molecule has 1 aliphatic carbocycles. The molecule has 0 saturated heterocycles. The number of carbonyl (C=O) groups excluding carboxylic acids is 1. The Hall–Kier alpha value is -1.49. The van der Waals surface area contributed by atoms with Crippen LogP contribution >= 0.6 is 24.2 Å². The van der Waals surface area contributed by atoms with Crippen molar-refractivity contribution in [1.29, 1.82) is 0 Å². The number of amides is 1. The van der Waals surface area contributed by atoms with Crippen LogP contribution in [0.2, 0.25) is 0 Å². The fourth-order valence-corrected chi connectivity index (χ4v) is 3.31. The van der Waals surface area contributed by atoms with Crippen LogP contribution in [0.1, 0.15) is 28.8 Å². The fourth-order valence-electron chi connectivity index (χ4n) is 2.44. The fraction of sp³-hybridized carbons (Fsp3) is 0.316. The minimum Gasteiger partial charge on any atom is -0.350 e. The van der Waals surface area contributed by atoms with Crippen molar-refractivity contribution in [2.24, 2.45) is 11.7 Å². The first kappa shape index (κ1) is 18.8. The number of halogens is 1. The Morgan fingerprint density at radius 2 is 1.79 bits per heavy atom. The summed E-state index contributed by atoms with van der Waals surface area (Å²) in [6.45, 7) is 0.565. The summed E-state index contributed by atoms with van der Waals surface area (Å²) in [5.41, 5.74) is 7.92. The van der Waals surface area contributed by atoms with E-state index in [1.165, 1.54) is 23.3 Å². The molecule has 3 rings (SSSR count). The molecule has 1 amide bonds. The Kier molecular flexibility index (Phi) is 7.16. The zero-order chi connectivity index (χ0) is 16.1. The van der Waals surface area contributed by atoms with Gasteiger partial charge in [-0.15, -0.1) is 24.2 Å². The summed E-state index contributed by atoms with van der Waals surface area (Å²) in [7, 11) is 0. The highest BCUT2D eigenvalue weighted by atomic mass is 35.5. The lowest BCUT2D eigenvalue weighted by molar-refractivity contribution is 0.0950. The van der Waals surface area contributed by atoms with Crippen molar-refractivity contribution in [2.75, 3.05) is 6.54 Å². The number of rotatable bonds is 7. The van der Waals surface area contributed by atoms with E-state index in [4.69, 9.17) is 5.73 Å². The van der Waals surface area contributed by atoms with Gasteiger partial charge in [-0.3, -0.25) is 4.79 Å². The summed E-state index contributed by atoms with van der Waals surface area (Å²) < 4.78 is 0. The van der Waals surface area contributed by atoms with Crippen molar-refractivity contribution < 1.29 is 4.79 Å². The van der Waals surface area contributed by atoms with Gasteiger partial charge in [0.2, 0.25) is 0 Å². The summed E-state index contributed by atoms with van der Waals surface area (Å²) in [6, 6.07) is 18.2. The van der Waals surface area contributed by atoms with Crippen molar-refractivity contribution in [3.8, 4) is 0 Å². The minimum absolute atomic E-state index is 0. The van der Waals surface area contributed by atoms with Crippen molar-refractivity contribution in [2.45, 2.75) is 29.5 Å². The Morgan fingerprint density at radius 3 is 2.42 bits per heavy atom. The zero-order valence-electron chi connectivity index (χ0n) is 13.5. The van der Waals surface area contributed by atoms with Crippen LogP contribution in [0, 0.1) is 5.92 Å². The summed E-state index contributed by atoms with van der Waals surface area (Å²) in [5.74, 6) is 1.47. The van der Waals surface area contributed by atoms with Crippen LogP contribution in [-0.2, 0) is 5.75 Å². The van der Waals surface area contributed by atoms with Gasteiger partial charge in [0.25, 0.3) is 5.91 Å². The van der Waals surface area contributed by atoms with Gasteiger partial charge in [-0.2, -0.15) is 0 Å². The maximum absolute atomic E-state index is 12.1. The second-order valence-electron chi connectivity index (χ2n) is 6.01. The summed E-state index contributed by atoms with van der Waals surface area (Å²) in [4.78, 5) is 13.4. The van der Waals surface area contributed by atoms with Crippen LogP contribution in [0.5, 0.6) is 0 Å². The molecule has 0 bridgehead atoms. The van der Waals surface area contributed by atoms with E-state index in [0.29, 0.717) is 18.0 Å². The molecule has 0 radical (unpaired) electrons. The summed E-state index contributed by atoms with van der Waals surface area (Å²) in [6.07, 6.45) is 2.40. The van der Waals surface area contributed by atoms with Gasteiger partial charge in [-0.1, -0.05) is 30.3 Å². The second-order valence-corrected chi connectivity index (χ2v) is 7.06. The molecule has 0 spiro atoms. The zero-order valence-corrected chi connectivity index (χ0v) is 15.1. The number of carbonyl (C=O) groups is 1. The normalized spacial score (nSPS) is 14.5. The van der Waals surface area contributed by atoms with E-state index in [1.54, 1.807) is 11.8 Å². The lowest BCUT2D eigenvalue weighted by Gasteiger charge is -2.11. The Balaban J connectivity index is 0.00000208. The average molecular weight is 363 g/mol. The molecule has 5 heteroatoms. The molecule has 1 unspecified atom stereocenters. The van der Waals surface area contributed by atoms with Crippen molar-refractivity contribution >= 4 is 30.1 Å². The average Bonchev–Trinajstić information content (AvgIpc) is 3.44.